The average molecular weight is 193 g/mol. The Hall–Kier alpha value is -1.49. The van der Waals surface area contributed by atoms with E-state index in [0.29, 0.717) is 28.8 Å². The van der Waals surface area contributed by atoms with Gasteiger partial charge in [-0.1, -0.05) is 0 Å². The minimum atomic E-state index is 0.334. The number of carbonyl (C=O) groups is 1. The molecule has 1 radical (unpaired) electrons. The molecule has 0 aliphatic carbocycles. The van der Waals surface area contributed by atoms with Crippen LogP contribution < -0.4 is 14.9 Å². The van der Waals surface area contributed by atoms with Gasteiger partial charge >= 0.3 is 7.48 Å². The molecule has 1 aromatic rings. The van der Waals surface area contributed by atoms with Gasteiger partial charge in [-0.25, -0.2) is 0 Å². The number of hydrogen-bond acceptors (Lipinski definition) is 4. The maximum absolute atomic E-state index is 10.7. The molecule has 5 heteroatoms. The lowest BCUT2D eigenvalue weighted by molar-refractivity contribution is 0.111. The number of methoxy groups -OCH3 is 2. The standard InChI is InChI=1S/C9H10BO4/c1-13-8-3-6(10-12)4-9(14-2)7(8)5-11/h3-5,12H,1-2H3. The molecule has 0 bridgehead atoms. The molecule has 0 aromatic heterocycles. The Kier molecular flexibility index (Phi) is 3.53. The van der Waals surface area contributed by atoms with Crippen LogP contribution in [0.4, 0.5) is 0 Å². The minimum absolute atomic E-state index is 0.334. The molecule has 0 atom stereocenters. The van der Waals surface area contributed by atoms with Crippen molar-refractivity contribution >= 4 is 19.2 Å². The van der Waals surface area contributed by atoms with Gasteiger partial charge in [0.2, 0.25) is 0 Å². The summed E-state index contributed by atoms with van der Waals surface area (Å²) in [6.07, 6.45) is 0.652. The van der Waals surface area contributed by atoms with E-state index in [1.165, 1.54) is 14.2 Å². The molecular weight excluding hydrogens is 183 g/mol. The molecule has 0 aliphatic rings. The van der Waals surface area contributed by atoms with Crippen LogP contribution in [0.15, 0.2) is 12.1 Å². The Balaban J connectivity index is 3.31. The molecule has 1 aromatic carbocycles. The van der Waals surface area contributed by atoms with Gasteiger partial charge in [0.15, 0.2) is 6.29 Å². The van der Waals surface area contributed by atoms with Crippen LogP contribution in [-0.4, -0.2) is 33.0 Å². The van der Waals surface area contributed by atoms with Crippen LogP contribution >= 0.6 is 0 Å². The first-order valence-corrected chi connectivity index (χ1v) is 3.95. The fourth-order valence-electron chi connectivity index (χ4n) is 1.15. The molecule has 0 fully saturated rings. The zero-order valence-corrected chi connectivity index (χ0v) is 7.98. The highest BCUT2D eigenvalue weighted by Gasteiger charge is 2.11. The number of hydrogen-bond donors (Lipinski definition) is 1. The van der Waals surface area contributed by atoms with Crippen LogP contribution in [0.1, 0.15) is 10.4 Å². The van der Waals surface area contributed by atoms with Gasteiger partial charge in [0, 0.05) is 0 Å². The van der Waals surface area contributed by atoms with Crippen LogP contribution in [0.25, 0.3) is 0 Å². The Morgan fingerprint density at radius 2 is 1.79 bits per heavy atom. The third kappa shape index (κ3) is 1.88. The summed E-state index contributed by atoms with van der Waals surface area (Å²) in [6.45, 7) is 0. The van der Waals surface area contributed by atoms with Crippen molar-refractivity contribution in [3.8, 4) is 11.5 Å². The predicted octanol–water partition coefficient (Wildman–Crippen LogP) is -0.247. The summed E-state index contributed by atoms with van der Waals surface area (Å²) in [4.78, 5) is 10.7. The lowest BCUT2D eigenvalue weighted by Gasteiger charge is -2.10. The normalized spacial score (nSPS) is 9.36. The number of ether oxygens (including phenoxy) is 2. The van der Waals surface area contributed by atoms with Crippen LogP contribution in [0.5, 0.6) is 11.5 Å². The molecule has 1 rings (SSSR count). The molecule has 0 saturated carbocycles. The molecule has 1 N–H and O–H groups in total. The van der Waals surface area contributed by atoms with Crippen LogP contribution in [0.2, 0.25) is 0 Å². The van der Waals surface area contributed by atoms with Crippen molar-refractivity contribution in [3.63, 3.8) is 0 Å². The van der Waals surface area contributed by atoms with Gasteiger partial charge in [-0.3, -0.25) is 4.79 Å². The highest BCUT2D eigenvalue weighted by molar-refractivity contribution is 6.45. The van der Waals surface area contributed by atoms with Crippen LogP contribution in [0.3, 0.4) is 0 Å². The number of carbonyl (C=O) groups excluding carboxylic acids is 1. The Morgan fingerprint density at radius 1 is 1.29 bits per heavy atom. The third-order valence-electron chi connectivity index (χ3n) is 1.83. The van der Waals surface area contributed by atoms with Gasteiger partial charge in [0.25, 0.3) is 0 Å². The minimum Gasteiger partial charge on any atom is -0.496 e. The topological polar surface area (TPSA) is 55.8 Å². The van der Waals surface area contributed by atoms with Crippen molar-refractivity contribution < 1.29 is 19.3 Å². The third-order valence-corrected chi connectivity index (χ3v) is 1.83. The second-order valence-corrected chi connectivity index (χ2v) is 2.59. The summed E-state index contributed by atoms with van der Waals surface area (Å²) in [7, 11) is 3.81. The van der Waals surface area contributed by atoms with Crippen molar-refractivity contribution in [2.24, 2.45) is 0 Å². The summed E-state index contributed by atoms with van der Waals surface area (Å²) in [6, 6.07) is 3.10. The molecule has 4 nitrogen and oxygen atoms in total. The molecule has 0 heterocycles. The van der Waals surface area contributed by atoms with Gasteiger partial charge in [-0.05, 0) is 17.6 Å². The lowest BCUT2D eigenvalue weighted by Crippen LogP contribution is -2.15. The summed E-state index contributed by atoms with van der Waals surface area (Å²) in [5, 5.41) is 8.82. The highest BCUT2D eigenvalue weighted by Crippen LogP contribution is 2.24. The van der Waals surface area contributed by atoms with E-state index >= 15 is 0 Å². The Morgan fingerprint density at radius 3 is 2.07 bits per heavy atom. The van der Waals surface area contributed by atoms with E-state index < -0.39 is 0 Å². The first kappa shape index (κ1) is 10.6. The molecule has 73 valence electrons. The largest absolute Gasteiger partial charge is 0.496 e. The van der Waals surface area contributed by atoms with Crippen molar-refractivity contribution in [2.45, 2.75) is 0 Å². The number of rotatable bonds is 4. The average Bonchev–Trinajstić information content (AvgIpc) is 2.26. The van der Waals surface area contributed by atoms with E-state index in [2.05, 4.69) is 0 Å². The van der Waals surface area contributed by atoms with Gasteiger partial charge < -0.3 is 14.5 Å². The maximum Gasteiger partial charge on any atom is 0.327 e. The Labute approximate surface area is 82.7 Å². The summed E-state index contributed by atoms with van der Waals surface area (Å²) in [5.41, 5.74) is 0.852. The van der Waals surface area contributed by atoms with Crippen LogP contribution in [-0.2, 0) is 0 Å². The van der Waals surface area contributed by atoms with Crippen LogP contribution in [0, 0.1) is 0 Å². The van der Waals surface area contributed by atoms with Gasteiger partial charge in [-0.15, -0.1) is 0 Å². The van der Waals surface area contributed by atoms with Gasteiger partial charge in [0.05, 0.1) is 19.8 Å². The monoisotopic (exact) mass is 193 g/mol. The fourth-order valence-corrected chi connectivity index (χ4v) is 1.15. The summed E-state index contributed by atoms with van der Waals surface area (Å²) in [5.74, 6) is 0.749. The SMILES string of the molecule is COc1cc([B]O)cc(OC)c1C=O. The van der Waals surface area contributed by atoms with E-state index in [9.17, 15) is 4.79 Å². The predicted molar refractivity (Wildman–Crippen MR) is 52.5 cm³/mol. The van der Waals surface area contributed by atoms with Crippen molar-refractivity contribution in [2.75, 3.05) is 14.2 Å². The van der Waals surface area contributed by atoms with Crippen molar-refractivity contribution in [3.05, 3.63) is 17.7 Å². The molecule has 0 aliphatic heterocycles. The summed E-state index contributed by atoms with van der Waals surface area (Å²) >= 11 is 0. The molecule has 0 amide bonds. The Bertz CT molecular complexity index is 313. The second kappa shape index (κ2) is 4.67. The molecular formula is C9H10BO4. The molecule has 0 unspecified atom stereocenters. The van der Waals surface area contributed by atoms with E-state index in [-0.39, 0.29) is 0 Å². The summed E-state index contributed by atoms with van der Waals surface area (Å²) < 4.78 is 9.96. The lowest BCUT2D eigenvalue weighted by atomic mass is 9.87. The molecule has 14 heavy (non-hydrogen) atoms. The zero-order chi connectivity index (χ0) is 10.6. The maximum atomic E-state index is 10.7. The first-order valence-electron chi connectivity index (χ1n) is 3.95. The van der Waals surface area contributed by atoms with Crippen molar-refractivity contribution in [1.29, 1.82) is 0 Å². The number of benzene rings is 1. The van der Waals surface area contributed by atoms with Gasteiger partial charge in [0.1, 0.15) is 11.5 Å². The van der Waals surface area contributed by atoms with E-state index in [4.69, 9.17) is 14.5 Å². The fraction of sp³-hybridized carbons (Fsp3) is 0.222. The zero-order valence-electron chi connectivity index (χ0n) is 7.98. The smallest absolute Gasteiger partial charge is 0.327 e. The van der Waals surface area contributed by atoms with Gasteiger partial charge in [-0.2, -0.15) is 0 Å². The molecule has 0 saturated heterocycles. The second-order valence-electron chi connectivity index (χ2n) is 2.59. The van der Waals surface area contributed by atoms with E-state index in [0.717, 1.165) is 7.48 Å². The quantitative estimate of drug-likeness (QED) is 0.529. The molecule has 0 spiro atoms. The van der Waals surface area contributed by atoms with Crippen molar-refractivity contribution in [1.82, 2.24) is 0 Å². The van der Waals surface area contributed by atoms with E-state index in [1.807, 2.05) is 0 Å². The number of aldehydes is 1. The first-order chi connectivity index (χ1) is 6.76. The van der Waals surface area contributed by atoms with E-state index in [1.54, 1.807) is 12.1 Å². The highest BCUT2D eigenvalue weighted by atomic mass is 16.5.